The second-order valence-electron chi connectivity index (χ2n) is 4.74. The number of nitro benzene ring substituents is 1. The minimum absolute atomic E-state index is 0.0521. The van der Waals surface area contributed by atoms with E-state index in [0.29, 0.717) is 5.01 Å². The standard InChI is InChI=1S/C15H11N3O3S/c16-14(19)8-15-17-12-5-4-10(7-13(12)22-15)9-2-1-3-11(6-9)18(20)21/h1-7H,8H2,(H2,16,19). The van der Waals surface area contributed by atoms with Gasteiger partial charge in [0.2, 0.25) is 5.91 Å². The second kappa shape index (κ2) is 5.53. The topological polar surface area (TPSA) is 99.1 Å². The Morgan fingerprint density at radius 3 is 2.73 bits per heavy atom. The summed E-state index contributed by atoms with van der Waals surface area (Å²) in [6.45, 7) is 0. The van der Waals surface area contributed by atoms with Crippen LogP contribution in [0.5, 0.6) is 0 Å². The number of nitrogens with zero attached hydrogens (tertiary/aromatic N) is 2. The minimum atomic E-state index is -0.419. The average molecular weight is 313 g/mol. The quantitative estimate of drug-likeness (QED) is 0.591. The van der Waals surface area contributed by atoms with Crippen LogP contribution in [0.1, 0.15) is 5.01 Å². The summed E-state index contributed by atoms with van der Waals surface area (Å²) in [6.07, 6.45) is 0.117. The number of fused-ring (bicyclic) bond motifs is 1. The van der Waals surface area contributed by atoms with Crippen molar-refractivity contribution >= 4 is 33.1 Å². The van der Waals surface area contributed by atoms with E-state index in [4.69, 9.17) is 5.73 Å². The van der Waals surface area contributed by atoms with E-state index in [9.17, 15) is 14.9 Å². The van der Waals surface area contributed by atoms with Gasteiger partial charge in [-0.1, -0.05) is 18.2 Å². The number of hydrogen-bond donors (Lipinski definition) is 1. The van der Waals surface area contributed by atoms with Crippen LogP contribution in [0, 0.1) is 10.1 Å². The van der Waals surface area contributed by atoms with Crippen molar-refractivity contribution < 1.29 is 9.72 Å². The molecule has 110 valence electrons. The maximum Gasteiger partial charge on any atom is 0.270 e. The zero-order chi connectivity index (χ0) is 15.7. The van der Waals surface area contributed by atoms with Crippen LogP contribution in [0.4, 0.5) is 5.69 Å². The molecule has 0 bridgehead atoms. The summed E-state index contributed by atoms with van der Waals surface area (Å²) in [5.41, 5.74) is 7.65. The largest absolute Gasteiger partial charge is 0.369 e. The summed E-state index contributed by atoms with van der Waals surface area (Å²) >= 11 is 1.40. The Kier molecular flexibility index (Phi) is 3.56. The highest BCUT2D eigenvalue weighted by atomic mass is 32.1. The summed E-state index contributed by atoms with van der Waals surface area (Å²) in [5, 5.41) is 11.5. The third-order valence-corrected chi connectivity index (χ3v) is 4.17. The third kappa shape index (κ3) is 2.79. The fourth-order valence-corrected chi connectivity index (χ4v) is 3.19. The summed E-state index contributed by atoms with van der Waals surface area (Å²) in [6, 6.07) is 12.1. The minimum Gasteiger partial charge on any atom is -0.369 e. The third-order valence-electron chi connectivity index (χ3n) is 3.15. The van der Waals surface area contributed by atoms with Gasteiger partial charge >= 0.3 is 0 Å². The normalized spacial score (nSPS) is 10.7. The second-order valence-corrected chi connectivity index (χ2v) is 5.86. The van der Waals surface area contributed by atoms with Gasteiger partial charge in [-0.2, -0.15) is 0 Å². The van der Waals surface area contributed by atoms with Crippen molar-refractivity contribution in [1.82, 2.24) is 4.98 Å². The molecule has 2 N–H and O–H groups in total. The van der Waals surface area contributed by atoms with Crippen LogP contribution in [0.2, 0.25) is 0 Å². The molecule has 7 heteroatoms. The molecule has 0 spiro atoms. The molecule has 0 aliphatic rings. The molecule has 3 aromatic rings. The fourth-order valence-electron chi connectivity index (χ4n) is 2.18. The number of thiazole rings is 1. The molecule has 1 amide bonds. The van der Waals surface area contributed by atoms with Gasteiger partial charge in [-0.25, -0.2) is 4.98 Å². The van der Waals surface area contributed by atoms with Crippen LogP contribution in [0.3, 0.4) is 0 Å². The van der Waals surface area contributed by atoms with Crippen molar-refractivity contribution in [2.24, 2.45) is 5.73 Å². The molecule has 6 nitrogen and oxygen atoms in total. The fraction of sp³-hybridized carbons (Fsp3) is 0.0667. The van der Waals surface area contributed by atoms with Gasteiger partial charge in [0.25, 0.3) is 5.69 Å². The average Bonchev–Trinajstić information content (AvgIpc) is 2.87. The number of carbonyl (C=O) groups is 1. The Balaban J connectivity index is 2.02. The van der Waals surface area contributed by atoms with Crippen molar-refractivity contribution in [3.05, 3.63) is 57.6 Å². The zero-order valence-electron chi connectivity index (χ0n) is 11.4. The first-order chi connectivity index (χ1) is 10.5. The molecule has 3 rings (SSSR count). The number of benzene rings is 2. The molecular weight excluding hydrogens is 302 g/mol. The maximum atomic E-state index is 11.0. The van der Waals surface area contributed by atoms with Gasteiger partial charge in [0.05, 0.1) is 21.6 Å². The number of primary amides is 1. The summed E-state index contributed by atoms with van der Waals surface area (Å²) in [5.74, 6) is -0.419. The number of rotatable bonds is 4. The molecule has 0 fully saturated rings. The van der Waals surface area contributed by atoms with Gasteiger partial charge in [0.1, 0.15) is 5.01 Å². The monoisotopic (exact) mass is 313 g/mol. The van der Waals surface area contributed by atoms with Crippen molar-refractivity contribution in [3.63, 3.8) is 0 Å². The van der Waals surface area contributed by atoms with E-state index in [1.165, 1.54) is 23.5 Å². The molecule has 0 aliphatic heterocycles. The summed E-state index contributed by atoms with van der Waals surface area (Å²) in [4.78, 5) is 25.7. The van der Waals surface area contributed by atoms with E-state index in [-0.39, 0.29) is 12.1 Å². The molecule has 0 saturated heterocycles. The number of aromatic nitrogens is 1. The number of carbonyl (C=O) groups excluding carboxylic acids is 1. The number of non-ortho nitro benzene ring substituents is 1. The first-order valence-corrected chi connectivity index (χ1v) is 7.27. The molecule has 0 unspecified atom stereocenters. The predicted molar refractivity (Wildman–Crippen MR) is 84.6 cm³/mol. The molecule has 2 aromatic carbocycles. The van der Waals surface area contributed by atoms with Crippen molar-refractivity contribution in [3.8, 4) is 11.1 Å². The number of nitrogens with two attached hydrogens (primary N) is 1. The maximum absolute atomic E-state index is 11.0. The summed E-state index contributed by atoms with van der Waals surface area (Å²) in [7, 11) is 0. The van der Waals surface area contributed by atoms with Gasteiger partial charge in [-0.15, -0.1) is 11.3 Å². The van der Waals surface area contributed by atoms with Gasteiger partial charge in [-0.3, -0.25) is 14.9 Å². The van der Waals surface area contributed by atoms with Crippen LogP contribution < -0.4 is 5.73 Å². The van der Waals surface area contributed by atoms with E-state index in [1.807, 2.05) is 24.3 Å². The predicted octanol–water partition coefficient (Wildman–Crippen LogP) is 2.90. The first kappa shape index (κ1) is 14.2. The lowest BCUT2D eigenvalue weighted by atomic mass is 10.1. The first-order valence-electron chi connectivity index (χ1n) is 6.45. The highest BCUT2D eigenvalue weighted by Gasteiger charge is 2.10. The molecule has 0 radical (unpaired) electrons. The zero-order valence-corrected chi connectivity index (χ0v) is 12.2. The molecule has 1 aromatic heterocycles. The Hall–Kier alpha value is -2.80. The van der Waals surface area contributed by atoms with Crippen molar-refractivity contribution in [1.29, 1.82) is 0 Å². The van der Waals surface area contributed by atoms with Crippen LogP contribution in [-0.4, -0.2) is 15.8 Å². The Bertz CT molecular complexity index is 889. The van der Waals surface area contributed by atoms with Gasteiger partial charge in [0, 0.05) is 12.1 Å². The van der Waals surface area contributed by atoms with Crippen molar-refractivity contribution in [2.75, 3.05) is 0 Å². The van der Waals surface area contributed by atoms with E-state index in [0.717, 1.165) is 21.3 Å². The molecule has 0 atom stereocenters. The lowest BCUT2D eigenvalue weighted by molar-refractivity contribution is -0.384. The van der Waals surface area contributed by atoms with E-state index >= 15 is 0 Å². The highest BCUT2D eigenvalue weighted by Crippen LogP contribution is 2.30. The van der Waals surface area contributed by atoms with Crippen LogP contribution in [-0.2, 0) is 11.2 Å². The SMILES string of the molecule is NC(=O)Cc1nc2ccc(-c3cccc([N+](=O)[O-])c3)cc2s1. The molecule has 0 aliphatic carbocycles. The van der Waals surface area contributed by atoms with Gasteiger partial charge < -0.3 is 5.73 Å². The van der Waals surface area contributed by atoms with Crippen LogP contribution in [0.15, 0.2) is 42.5 Å². The Morgan fingerprint density at radius 1 is 1.23 bits per heavy atom. The smallest absolute Gasteiger partial charge is 0.270 e. The lowest BCUT2D eigenvalue weighted by Gasteiger charge is -2.01. The van der Waals surface area contributed by atoms with E-state index in [1.54, 1.807) is 6.07 Å². The van der Waals surface area contributed by atoms with E-state index in [2.05, 4.69) is 4.98 Å². The number of nitro groups is 1. The molecular formula is C15H11N3O3S. The Labute approximate surface area is 129 Å². The lowest BCUT2D eigenvalue weighted by Crippen LogP contribution is -2.13. The molecule has 22 heavy (non-hydrogen) atoms. The van der Waals surface area contributed by atoms with Gasteiger partial charge in [0.15, 0.2) is 0 Å². The summed E-state index contributed by atoms with van der Waals surface area (Å²) < 4.78 is 0.917. The van der Waals surface area contributed by atoms with E-state index < -0.39 is 10.8 Å². The number of amides is 1. The highest BCUT2D eigenvalue weighted by molar-refractivity contribution is 7.18. The number of hydrogen-bond acceptors (Lipinski definition) is 5. The molecule has 1 heterocycles. The Morgan fingerprint density at radius 2 is 2.00 bits per heavy atom. The van der Waals surface area contributed by atoms with Crippen molar-refractivity contribution in [2.45, 2.75) is 6.42 Å². The molecule has 0 saturated carbocycles. The van der Waals surface area contributed by atoms with Crippen LogP contribution in [0.25, 0.3) is 21.3 Å². The van der Waals surface area contributed by atoms with Gasteiger partial charge in [-0.05, 0) is 23.3 Å². The van der Waals surface area contributed by atoms with Crippen LogP contribution >= 0.6 is 11.3 Å².